The van der Waals surface area contributed by atoms with Crippen molar-refractivity contribution in [2.24, 2.45) is 0 Å². The summed E-state index contributed by atoms with van der Waals surface area (Å²) in [6.45, 7) is 2.03. The Morgan fingerprint density at radius 2 is 2.26 bits per heavy atom. The molecule has 0 saturated heterocycles. The lowest BCUT2D eigenvalue weighted by molar-refractivity contribution is -0.140. The van der Waals surface area contributed by atoms with Gasteiger partial charge in [0.15, 0.2) is 0 Å². The molecule has 1 aromatic rings. The van der Waals surface area contributed by atoms with Crippen LogP contribution >= 0.6 is 0 Å². The molecule has 0 bridgehead atoms. The standard InChI is InChI=1S/C14H14N2O3/c1-9-4-3-5-10-11(8-15)16(14(18)13(9)10)7-6-12(17)19-2/h3-5,11H,6-7H2,1-2H3. The van der Waals surface area contributed by atoms with E-state index in [1.165, 1.54) is 12.0 Å². The zero-order chi connectivity index (χ0) is 14.0. The highest BCUT2D eigenvalue weighted by Crippen LogP contribution is 2.34. The van der Waals surface area contributed by atoms with E-state index in [-0.39, 0.29) is 18.9 Å². The molecule has 19 heavy (non-hydrogen) atoms. The first-order chi connectivity index (χ1) is 9.10. The highest BCUT2D eigenvalue weighted by atomic mass is 16.5. The highest BCUT2D eigenvalue weighted by molar-refractivity contribution is 6.01. The van der Waals surface area contributed by atoms with E-state index in [2.05, 4.69) is 10.8 Å². The molecule has 1 amide bonds. The monoisotopic (exact) mass is 258 g/mol. The quantitative estimate of drug-likeness (QED) is 0.772. The molecule has 0 spiro atoms. The number of hydrogen-bond donors (Lipinski definition) is 0. The second kappa shape index (κ2) is 5.11. The third-order valence-electron chi connectivity index (χ3n) is 3.29. The summed E-state index contributed by atoms with van der Waals surface area (Å²) in [5.41, 5.74) is 2.15. The summed E-state index contributed by atoms with van der Waals surface area (Å²) in [6, 6.07) is 6.96. The van der Waals surface area contributed by atoms with Crippen LogP contribution in [0.1, 0.15) is 33.9 Å². The van der Waals surface area contributed by atoms with Gasteiger partial charge in [0, 0.05) is 17.7 Å². The Bertz CT molecular complexity index is 575. The van der Waals surface area contributed by atoms with E-state index in [1.54, 1.807) is 6.07 Å². The summed E-state index contributed by atoms with van der Waals surface area (Å²) in [5, 5.41) is 9.25. The maximum atomic E-state index is 12.3. The van der Waals surface area contributed by atoms with Gasteiger partial charge in [-0.15, -0.1) is 0 Å². The molecule has 1 unspecified atom stereocenters. The molecule has 1 atom stereocenters. The van der Waals surface area contributed by atoms with Crippen molar-refractivity contribution in [1.82, 2.24) is 4.90 Å². The number of fused-ring (bicyclic) bond motifs is 1. The summed E-state index contributed by atoms with van der Waals surface area (Å²) >= 11 is 0. The van der Waals surface area contributed by atoms with Crippen molar-refractivity contribution in [2.75, 3.05) is 13.7 Å². The summed E-state index contributed by atoms with van der Waals surface area (Å²) in [6.07, 6.45) is 0.0907. The van der Waals surface area contributed by atoms with Gasteiger partial charge in [0.05, 0.1) is 19.6 Å². The molecule has 0 radical (unpaired) electrons. The largest absolute Gasteiger partial charge is 0.469 e. The summed E-state index contributed by atoms with van der Waals surface area (Å²) < 4.78 is 4.56. The number of ether oxygens (including phenoxy) is 1. The van der Waals surface area contributed by atoms with Gasteiger partial charge in [-0.1, -0.05) is 18.2 Å². The van der Waals surface area contributed by atoms with Crippen LogP contribution in [0.3, 0.4) is 0 Å². The number of rotatable bonds is 3. The molecule has 0 saturated carbocycles. The minimum Gasteiger partial charge on any atom is -0.469 e. The van der Waals surface area contributed by atoms with Crippen molar-refractivity contribution in [3.05, 3.63) is 34.9 Å². The minimum atomic E-state index is -0.618. The fourth-order valence-corrected chi connectivity index (χ4v) is 2.32. The van der Waals surface area contributed by atoms with Gasteiger partial charge in [0.25, 0.3) is 5.91 Å². The summed E-state index contributed by atoms with van der Waals surface area (Å²) in [5.74, 6) is -0.583. The topological polar surface area (TPSA) is 70.4 Å². The molecule has 1 heterocycles. The van der Waals surface area contributed by atoms with Crippen molar-refractivity contribution >= 4 is 11.9 Å². The van der Waals surface area contributed by atoms with Gasteiger partial charge in [-0.05, 0) is 12.5 Å². The van der Waals surface area contributed by atoms with Crippen LogP contribution in [-0.2, 0) is 9.53 Å². The van der Waals surface area contributed by atoms with Crippen molar-refractivity contribution in [1.29, 1.82) is 5.26 Å². The number of nitriles is 1. The van der Waals surface area contributed by atoms with Crippen LogP contribution in [0.15, 0.2) is 18.2 Å². The second-order valence-electron chi connectivity index (χ2n) is 4.40. The van der Waals surface area contributed by atoms with Crippen LogP contribution in [0.25, 0.3) is 0 Å². The van der Waals surface area contributed by atoms with Gasteiger partial charge < -0.3 is 9.64 Å². The number of aryl methyl sites for hydroxylation is 1. The van der Waals surface area contributed by atoms with Gasteiger partial charge in [0.2, 0.25) is 0 Å². The summed E-state index contributed by atoms with van der Waals surface area (Å²) in [4.78, 5) is 24.9. The molecule has 0 aliphatic carbocycles. The van der Waals surface area contributed by atoms with Gasteiger partial charge >= 0.3 is 5.97 Å². The number of esters is 1. The number of benzene rings is 1. The van der Waals surface area contributed by atoms with Crippen molar-refractivity contribution in [3.8, 4) is 6.07 Å². The van der Waals surface area contributed by atoms with Crippen molar-refractivity contribution < 1.29 is 14.3 Å². The summed E-state index contributed by atoms with van der Waals surface area (Å²) in [7, 11) is 1.30. The molecule has 1 aliphatic rings. The number of methoxy groups -OCH3 is 1. The molecular formula is C14H14N2O3. The van der Waals surface area contributed by atoms with E-state index in [0.717, 1.165) is 11.1 Å². The van der Waals surface area contributed by atoms with Crippen molar-refractivity contribution in [3.63, 3.8) is 0 Å². The lowest BCUT2D eigenvalue weighted by atomic mass is 10.0. The Labute approximate surface area is 111 Å². The molecule has 1 aliphatic heterocycles. The smallest absolute Gasteiger partial charge is 0.307 e. The van der Waals surface area contributed by atoms with E-state index >= 15 is 0 Å². The minimum absolute atomic E-state index is 0.0907. The Morgan fingerprint density at radius 1 is 1.53 bits per heavy atom. The van der Waals surface area contributed by atoms with E-state index in [9.17, 15) is 14.9 Å². The van der Waals surface area contributed by atoms with E-state index in [4.69, 9.17) is 0 Å². The molecular weight excluding hydrogens is 244 g/mol. The molecule has 98 valence electrons. The van der Waals surface area contributed by atoms with Gasteiger partial charge in [-0.2, -0.15) is 5.26 Å². The van der Waals surface area contributed by atoms with Gasteiger partial charge in [-0.3, -0.25) is 9.59 Å². The number of hydrogen-bond acceptors (Lipinski definition) is 4. The number of amides is 1. The third-order valence-corrected chi connectivity index (χ3v) is 3.29. The van der Waals surface area contributed by atoms with Gasteiger partial charge in [-0.25, -0.2) is 0 Å². The average Bonchev–Trinajstić information content (AvgIpc) is 2.69. The SMILES string of the molecule is COC(=O)CCN1C(=O)c2c(C)cccc2C1C#N. The maximum absolute atomic E-state index is 12.3. The molecule has 5 heteroatoms. The lowest BCUT2D eigenvalue weighted by Gasteiger charge is -2.19. The van der Waals surface area contributed by atoms with Crippen LogP contribution in [0.2, 0.25) is 0 Å². The van der Waals surface area contributed by atoms with E-state index < -0.39 is 12.0 Å². The first-order valence-corrected chi connectivity index (χ1v) is 5.97. The molecule has 0 N–H and O–H groups in total. The predicted molar refractivity (Wildman–Crippen MR) is 67.2 cm³/mol. The number of nitrogens with zero attached hydrogens (tertiary/aromatic N) is 2. The van der Waals surface area contributed by atoms with Crippen LogP contribution in [-0.4, -0.2) is 30.4 Å². The molecule has 5 nitrogen and oxygen atoms in total. The third kappa shape index (κ3) is 2.17. The normalized spacial score (nSPS) is 17.0. The Morgan fingerprint density at radius 3 is 2.89 bits per heavy atom. The van der Waals surface area contributed by atoms with Crippen LogP contribution in [0.4, 0.5) is 0 Å². The Kier molecular flexibility index (Phi) is 3.52. The maximum Gasteiger partial charge on any atom is 0.307 e. The molecule has 1 aromatic carbocycles. The van der Waals surface area contributed by atoms with Crippen molar-refractivity contribution in [2.45, 2.75) is 19.4 Å². The fraction of sp³-hybridized carbons (Fsp3) is 0.357. The van der Waals surface area contributed by atoms with Crippen LogP contribution in [0.5, 0.6) is 0 Å². The number of carbonyl (C=O) groups is 2. The number of carbonyl (C=O) groups excluding carboxylic acids is 2. The van der Waals surface area contributed by atoms with E-state index in [0.29, 0.717) is 5.56 Å². The Hall–Kier alpha value is -2.35. The van der Waals surface area contributed by atoms with Crippen LogP contribution in [0, 0.1) is 18.3 Å². The zero-order valence-electron chi connectivity index (χ0n) is 10.8. The highest BCUT2D eigenvalue weighted by Gasteiger charge is 2.37. The van der Waals surface area contributed by atoms with Gasteiger partial charge in [0.1, 0.15) is 6.04 Å². The predicted octanol–water partition coefficient (Wildman–Crippen LogP) is 1.58. The first kappa shape index (κ1) is 13.1. The molecule has 0 aromatic heterocycles. The molecule has 0 fully saturated rings. The van der Waals surface area contributed by atoms with E-state index in [1.807, 2.05) is 19.1 Å². The zero-order valence-corrected chi connectivity index (χ0v) is 10.8. The Balaban J connectivity index is 2.29. The lowest BCUT2D eigenvalue weighted by Crippen LogP contribution is -2.30. The second-order valence-corrected chi connectivity index (χ2v) is 4.40. The van der Waals surface area contributed by atoms with Crippen LogP contribution < -0.4 is 0 Å². The first-order valence-electron chi connectivity index (χ1n) is 5.97. The fourth-order valence-electron chi connectivity index (χ4n) is 2.32. The molecule has 2 rings (SSSR count). The average molecular weight is 258 g/mol.